The molecular formula is C16H18BrFIN3. The Kier molecular flexibility index (Phi) is 8.40. The molecule has 2 aromatic carbocycles. The first-order valence-electron chi connectivity index (χ1n) is 6.61. The summed E-state index contributed by atoms with van der Waals surface area (Å²) in [5, 5.41) is 6.39. The van der Waals surface area contributed by atoms with Crippen LogP contribution in [0.3, 0.4) is 0 Å². The highest BCUT2D eigenvalue weighted by Crippen LogP contribution is 2.17. The molecule has 118 valence electrons. The molecule has 2 N–H and O–H groups in total. The first kappa shape index (κ1) is 18.9. The molecule has 2 aromatic rings. The van der Waals surface area contributed by atoms with Crippen molar-refractivity contribution >= 4 is 45.9 Å². The molecule has 0 aliphatic rings. The Bertz CT molecular complexity index is 620. The van der Waals surface area contributed by atoms with Crippen molar-refractivity contribution in [3.8, 4) is 0 Å². The number of guanidine groups is 1. The molecule has 0 saturated carbocycles. The summed E-state index contributed by atoms with van der Waals surface area (Å²) in [4.78, 5) is 4.16. The van der Waals surface area contributed by atoms with E-state index in [1.807, 2.05) is 30.3 Å². The third-order valence-corrected chi connectivity index (χ3v) is 3.75. The van der Waals surface area contributed by atoms with Crippen molar-refractivity contribution in [2.24, 2.45) is 4.99 Å². The Labute approximate surface area is 155 Å². The lowest BCUT2D eigenvalue weighted by molar-refractivity contribution is 0.624. The molecule has 0 aromatic heterocycles. The Morgan fingerprint density at radius 1 is 1.09 bits per heavy atom. The van der Waals surface area contributed by atoms with Crippen molar-refractivity contribution < 1.29 is 4.39 Å². The molecule has 6 heteroatoms. The molecule has 2 rings (SSSR count). The highest BCUT2D eigenvalue weighted by molar-refractivity contribution is 14.0. The van der Waals surface area contributed by atoms with Gasteiger partial charge in [0.05, 0.1) is 0 Å². The summed E-state index contributed by atoms with van der Waals surface area (Å²) in [6, 6.07) is 14.7. The van der Waals surface area contributed by atoms with Crippen molar-refractivity contribution in [3.05, 3.63) is 69.9 Å². The van der Waals surface area contributed by atoms with Gasteiger partial charge in [-0.1, -0.05) is 46.3 Å². The molecule has 22 heavy (non-hydrogen) atoms. The van der Waals surface area contributed by atoms with Crippen LogP contribution in [0.4, 0.5) is 4.39 Å². The molecule has 0 bridgehead atoms. The van der Waals surface area contributed by atoms with E-state index in [1.54, 1.807) is 13.1 Å². The van der Waals surface area contributed by atoms with E-state index in [4.69, 9.17) is 0 Å². The second kappa shape index (κ2) is 9.78. The summed E-state index contributed by atoms with van der Waals surface area (Å²) in [5.41, 5.74) is 2.02. The second-order valence-electron chi connectivity index (χ2n) is 4.50. The van der Waals surface area contributed by atoms with Crippen LogP contribution in [-0.2, 0) is 13.1 Å². The van der Waals surface area contributed by atoms with Crippen LogP contribution in [0.2, 0.25) is 0 Å². The molecule has 0 unspecified atom stereocenters. The SMILES string of the molecule is CN=C(NCc1ccccc1)NCc1cc(F)ccc1Br.I. The predicted octanol–water partition coefficient (Wildman–Crippen LogP) is 4.07. The van der Waals surface area contributed by atoms with E-state index in [-0.39, 0.29) is 29.8 Å². The Morgan fingerprint density at radius 3 is 2.45 bits per heavy atom. The Hall–Kier alpha value is -1.15. The van der Waals surface area contributed by atoms with Crippen LogP contribution >= 0.6 is 39.9 Å². The van der Waals surface area contributed by atoms with Crippen LogP contribution in [0.1, 0.15) is 11.1 Å². The van der Waals surface area contributed by atoms with E-state index in [1.165, 1.54) is 17.7 Å². The minimum absolute atomic E-state index is 0. The summed E-state index contributed by atoms with van der Waals surface area (Å²) >= 11 is 3.41. The second-order valence-corrected chi connectivity index (χ2v) is 5.35. The van der Waals surface area contributed by atoms with Gasteiger partial charge in [0, 0.05) is 24.6 Å². The number of nitrogens with zero attached hydrogens (tertiary/aromatic N) is 1. The molecule has 0 atom stereocenters. The Morgan fingerprint density at radius 2 is 1.77 bits per heavy atom. The fourth-order valence-electron chi connectivity index (χ4n) is 1.86. The zero-order valence-corrected chi connectivity index (χ0v) is 16.1. The summed E-state index contributed by atoms with van der Waals surface area (Å²) < 4.78 is 14.1. The van der Waals surface area contributed by atoms with Gasteiger partial charge >= 0.3 is 0 Å². The predicted molar refractivity (Wildman–Crippen MR) is 103 cm³/mol. The summed E-state index contributed by atoms with van der Waals surface area (Å²) in [5.74, 6) is 0.428. The quantitative estimate of drug-likeness (QED) is 0.395. The number of halogens is 3. The molecule has 0 saturated heterocycles. The molecule has 0 amide bonds. The third kappa shape index (κ3) is 5.92. The van der Waals surface area contributed by atoms with Gasteiger partial charge in [-0.3, -0.25) is 4.99 Å². The van der Waals surface area contributed by atoms with Gasteiger partial charge in [-0.2, -0.15) is 0 Å². The first-order valence-corrected chi connectivity index (χ1v) is 7.40. The van der Waals surface area contributed by atoms with Gasteiger partial charge in [0.1, 0.15) is 5.82 Å². The molecule has 0 aliphatic heterocycles. The van der Waals surface area contributed by atoms with Crippen LogP contribution in [0, 0.1) is 5.82 Å². The Balaban J connectivity index is 0.00000242. The average Bonchev–Trinajstić information content (AvgIpc) is 2.51. The number of hydrogen-bond acceptors (Lipinski definition) is 1. The largest absolute Gasteiger partial charge is 0.352 e. The highest BCUT2D eigenvalue weighted by atomic mass is 127. The van der Waals surface area contributed by atoms with Crippen molar-refractivity contribution in [2.45, 2.75) is 13.1 Å². The number of nitrogens with one attached hydrogen (secondary N) is 2. The number of rotatable bonds is 4. The van der Waals surface area contributed by atoms with Gasteiger partial charge in [-0.15, -0.1) is 24.0 Å². The zero-order valence-electron chi connectivity index (χ0n) is 12.1. The molecule has 0 heterocycles. The van der Waals surface area contributed by atoms with E-state index in [9.17, 15) is 4.39 Å². The van der Waals surface area contributed by atoms with Crippen LogP contribution < -0.4 is 10.6 Å². The van der Waals surface area contributed by atoms with E-state index in [0.29, 0.717) is 19.0 Å². The number of hydrogen-bond donors (Lipinski definition) is 2. The number of aliphatic imine (C=N–C) groups is 1. The lowest BCUT2D eigenvalue weighted by atomic mass is 10.2. The fourth-order valence-corrected chi connectivity index (χ4v) is 2.25. The van der Waals surface area contributed by atoms with Crippen LogP contribution in [0.25, 0.3) is 0 Å². The highest BCUT2D eigenvalue weighted by Gasteiger charge is 2.03. The van der Waals surface area contributed by atoms with E-state index < -0.39 is 0 Å². The minimum atomic E-state index is -0.248. The summed E-state index contributed by atoms with van der Waals surface area (Å²) in [6.07, 6.45) is 0. The molecule has 0 radical (unpaired) electrons. The minimum Gasteiger partial charge on any atom is -0.352 e. The molecule has 3 nitrogen and oxygen atoms in total. The van der Waals surface area contributed by atoms with Crippen molar-refractivity contribution in [1.29, 1.82) is 0 Å². The van der Waals surface area contributed by atoms with E-state index in [2.05, 4.69) is 31.6 Å². The van der Waals surface area contributed by atoms with E-state index >= 15 is 0 Å². The van der Waals surface area contributed by atoms with Crippen molar-refractivity contribution in [2.75, 3.05) is 7.05 Å². The van der Waals surface area contributed by atoms with Crippen LogP contribution in [-0.4, -0.2) is 13.0 Å². The normalized spacial score (nSPS) is 10.8. The summed E-state index contributed by atoms with van der Waals surface area (Å²) in [7, 11) is 1.71. The smallest absolute Gasteiger partial charge is 0.191 e. The van der Waals surface area contributed by atoms with Crippen molar-refractivity contribution in [1.82, 2.24) is 10.6 Å². The zero-order chi connectivity index (χ0) is 15.1. The monoisotopic (exact) mass is 477 g/mol. The average molecular weight is 478 g/mol. The topological polar surface area (TPSA) is 36.4 Å². The summed E-state index contributed by atoms with van der Waals surface area (Å²) in [6.45, 7) is 1.18. The van der Waals surface area contributed by atoms with Gasteiger partial charge in [0.2, 0.25) is 0 Å². The van der Waals surface area contributed by atoms with Gasteiger partial charge in [-0.25, -0.2) is 4.39 Å². The maximum atomic E-state index is 13.2. The lowest BCUT2D eigenvalue weighted by Crippen LogP contribution is -2.36. The lowest BCUT2D eigenvalue weighted by Gasteiger charge is -2.13. The van der Waals surface area contributed by atoms with Gasteiger partial charge < -0.3 is 10.6 Å². The van der Waals surface area contributed by atoms with Crippen LogP contribution in [0.5, 0.6) is 0 Å². The number of benzene rings is 2. The molecule has 0 spiro atoms. The van der Waals surface area contributed by atoms with Gasteiger partial charge in [0.15, 0.2) is 5.96 Å². The maximum absolute atomic E-state index is 13.2. The first-order chi connectivity index (χ1) is 10.2. The maximum Gasteiger partial charge on any atom is 0.191 e. The third-order valence-electron chi connectivity index (χ3n) is 2.98. The molecule has 0 fully saturated rings. The van der Waals surface area contributed by atoms with Crippen molar-refractivity contribution in [3.63, 3.8) is 0 Å². The van der Waals surface area contributed by atoms with Crippen LogP contribution in [0.15, 0.2) is 58.0 Å². The van der Waals surface area contributed by atoms with E-state index in [0.717, 1.165) is 10.0 Å². The fraction of sp³-hybridized carbons (Fsp3) is 0.188. The molecule has 0 aliphatic carbocycles. The standard InChI is InChI=1S/C16H17BrFN3.HI/c1-19-16(20-10-12-5-3-2-4-6-12)21-11-13-9-14(18)7-8-15(13)17;/h2-9H,10-11H2,1H3,(H2,19,20,21);1H. The molecular weight excluding hydrogens is 460 g/mol. The van der Waals surface area contributed by atoms with Gasteiger partial charge in [0.25, 0.3) is 0 Å². The van der Waals surface area contributed by atoms with Gasteiger partial charge in [-0.05, 0) is 29.3 Å².